The lowest BCUT2D eigenvalue weighted by Crippen LogP contribution is -2.13. The molecule has 0 heterocycles. The van der Waals surface area contributed by atoms with E-state index in [9.17, 15) is 12.3 Å². The Morgan fingerprint density at radius 1 is 1.25 bits per heavy atom. The maximum absolute atomic E-state index is 11.4. The zero-order valence-electron chi connectivity index (χ0n) is 4.13. The Hall–Kier alpha value is 0.487. The summed E-state index contributed by atoms with van der Waals surface area (Å²) in [5.41, 5.74) is 0. The van der Waals surface area contributed by atoms with Crippen molar-refractivity contribution in [2.45, 2.75) is 12.5 Å². The van der Waals surface area contributed by atoms with Crippen LogP contribution in [0, 0.1) is 0 Å². The van der Waals surface area contributed by atoms with Crippen molar-refractivity contribution in [1.82, 2.24) is 0 Å². The molecule has 50 valence electrons. The molecule has 0 rings (SSSR count). The first-order chi connectivity index (χ1) is 3.56. The van der Waals surface area contributed by atoms with Crippen molar-refractivity contribution in [2.75, 3.05) is 5.33 Å². The maximum Gasteiger partial charge on any atom is 0.616 e. The Kier molecular flexibility index (Phi) is 3.71. The SMILES string of the molecule is F[Si](F)(F)CCCBr. The van der Waals surface area contributed by atoms with E-state index in [0.29, 0.717) is 5.33 Å². The van der Waals surface area contributed by atoms with Gasteiger partial charge >= 0.3 is 9.08 Å². The summed E-state index contributed by atoms with van der Waals surface area (Å²) in [6.07, 6.45) is 0.232. The summed E-state index contributed by atoms with van der Waals surface area (Å²) in [5.74, 6) is 0. The van der Waals surface area contributed by atoms with Gasteiger partial charge in [-0.05, 0) is 6.42 Å². The Labute approximate surface area is 55.7 Å². The number of rotatable bonds is 3. The molecule has 0 spiro atoms. The van der Waals surface area contributed by atoms with Crippen LogP contribution in [-0.2, 0) is 0 Å². The molecule has 0 saturated carbocycles. The van der Waals surface area contributed by atoms with Gasteiger partial charge in [0.2, 0.25) is 0 Å². The van der Waals surface area contributed by atoms with Gasteiger partial charge in [-0.2, -0.15) is 0 Å². The van der Waals surface area contributed by atoms with Gasteiger partial charge in [0.25, 0.3) is 0 Å². The Bertz CT molecular complexity index is 62.0. The number of hydrogen-bond acceptors (Lipinski definition) is 0. The highest BCUT2D eigenvalue weighted by molar-refractivity contribution is 9.09. The molecule has 0 aliphatic heterocycles. The second-order valence-electron chi connectivity index (χ2n) is 1.41. The average molecular weight is 207 g/mol. The molecular weight excluding hydrogens is 201 g/mol. The van der Waals surface area contributed by atoms with E-state index in [1.165, 1.54) is 0 Å². The molecule has 5 heteroatoms. The summed E-state index contributed by atoms with van der Waals surface area (Å²) in [6.45, 7) is 0. The molecule has 0 atom stereocenters. The standard InChI is InChI=1S/C3H6BrF3Si/c4-2-1-3-8(5,6)7/h1-3H2. The molecule has 0 saturated heterocycles. The van der Waals surface area contributed by atoms with E-state index in [1.807, 2.05) is 0 Å². The van der Waals surface area contributed by atoms with Crippen LogP contribution in [0.4, 0.5) is 12.3 Å². The van der Waals surface area contributed by atoms with Crippen molar-refractivity contribution in [3.05, 3.63) is 0 Å². The van der Waals surface area contributed by atoms with E-state index < -0.39 is 15.1 Å². The Balaban J connectivity index is 3.11. The molecule has 0 nitrogen and oxygen atoms in total. The minimum absolute atomic E-state index is 0.232. The van der Waals surface area contributed by atoms with Crippen LogP contribution in [0.1, 0.15) is 6.42 Å². The number of alkyl halides is 1. The predicted octanol–water partition coefficient (Wildman–Crippen LogP) is 2.62. The third kappa shape index (κ3) is 6.49. The van der Waals surface area contributed by atoms with Gasteiger partial charge in [-0.15, -0.1) is 0 Å². The van der Waals surface area contributed by atoms with Crippen LogP contribution in [-0.4, -0.2) is 14.4 Å². The van der Waals surface area contributed by atoms with E-state index >= 15 is 0 Å². The lowest BCUT2D eigenvalue weighted by Gasteiger charge is -1.96. The second-order valence-corrected chi connectivity index (χ2v) is 3.93. The smallest absolute Gasteiger partial charge is 0.238 e. The van der Waals surface area contributed by atoms with Gasteiger partial charge in [-0.1, -0.05) is 15.9 Å². The van der Waals surface area contributed by atoms with Gasteiger partial charge in [0.1, 0.15) is 0 Å². The zero-order chi connectivity index (χ0) is 6.62. The molecule has 0 fully saturated rings. The van der Waals surface area contributed by atoms with E-state index in [0.717, 1.165) is 0 Å². The first-order valence-corrected chi connectivity index (χ1v) is 5.15. The first kappa shape index (κ1) is 8.49. The van der Waals surface area contributed by atoms with Gasteiger partial charge < -0.3 is 0 Å². The van der Waals surface area contributed by atoms with Crippen molar-refractivity contribution >= 4 is 25.0 Å². The topological polar surface area (TPSA) is 0 Å². The van der Waals surface area contributed by atoms with Gasteiger partial charge in [0.05, 0.1) is 0 Å². The molecule has 0 aromatic rings. The lowest BCUT2D eigenvalue weighted by molar-refractivity contribution is 0.467. The summed E-state index contributed by atoms with van der Waals surface area (Å²) in [4.78, 5) is 0. The Morgan fingerprint density at radius 2 is 1.75 bits per heavy atom. The highest BCUT2D eigenvalue weighted by atomic mass is 79.9. The fourth-order valence-electron chi connectivity index (χ4n) is 0.267. The van der Waals surface area contributed by atoms with E-state index in [-0.39, 0.29) is 6.42 Å². The third-order valence-corrected chi connectivity index (χ3v) is 2.08. The van der Waals surface area contributed by atoms with Gasteiger partial charge in [-0.3, -0.25) is 0 Å². The van der Waals surface area contributed by atoms with Crippen LogP contribution in [0.3, 0.4) is 0 Å². The van der Waals surface area contributed by atoms with Gasteiger partial charge in [0.15, 0.2) is 0 Å². The van der Waals surface area contributed by atoms with Crippen LogP contribution in [0.25, 0.3) is 0 Å². The predicted molar refractivity (Wildman–Crippen MR) is 32.3 cm³/mol. The molecule has 8 heavy (non-hydrogen) atoms. The summed E-state index contributed by atoms with van der Waals surface area (Å²) in [6, 6.07) is -0.543. The van der Waals surface area contributed by atoms with Crippen LogP contribution in [0.2, 0.25) is 6.04 Å². The molecule has 0 unspecified atom stereocenters. The first-order valence-electron chi connectivity index (χ1n) is 2.19. The average Bonchev–Trinajstić information content (AvgIpc) is 1.59. The number of hydrogen-bond donors (Lipinski definition) is 0. The van der Waals surface area contributed by atoms with E-state index in [1.54, 1.807) is 0 Å². The molecule has 0 aliphatic carbocycles. The summed E-state index contributed by atoms with van der Waals surface area (Å²) in [5, 5.41) is 0.458. The van der Waals surface area contributed by atoms with Crippen molar-refractivity contribution in [3.63, 3.8) is 0 Å². The monoisotopic (exact) mass is 206 g/mol. The van der Waals surface area contributed by atoms with Gasteiger partial charge in [0, 0.05) is 11.4 Å². The van der Waals surface area contributed by atoms with Crippen LogP contribution >= 0.6 is 15.9 Å². The summed E-state index contributed by atoms with van der Waals surface area (Å²) >= 11 is 2.92. The lowest BCUT2D eigenvalue weighted by atomic mass is 10.6. The maximum atomic E-state index is 11.4. The van der Waals surface area contributed by atoms with E-state index in [4.69, 9.17) is 0 Å². The van der Waals surface area contributed by atoms with Crippen LogP contribution in [0.15, 0.2) is 0 Å². The quantitative estimate of drug-likeness (QED) is 0.379. The fraction of sp³-hybridized carbons (Fsp3) is 1.00. The molecule has 0 aliphatic rings. The van der Waals surface area contributed by atoms with Gasteiger partial charge in [-0.25, -0.2) is 12.3 Å². The molecular formula is C3H6BrF3Si. The fourth-order valence-corrected chi connectivity index (χ4v) is 1.64. The van der Waals surface area contributed by atoms with Crippen molar-refractivity contribution < 1.29 is 12.3 Å². The molecule has 0 aromatic carbocycles. The molecule has 0 bridgehead atoms. The highest BCUT2D eigenvalue weighted by Gasteiger charge is 2.34. The Morgan fingerprint density at radius 3 is 1.88 bits per heavy atom. The molecule has 0 amide bonds. The zero-order valence-corrected chi connectivity index (χ0v) is 6.72. The van der Waals surface area contributed by atoms with Crippen molar-refractivity contribution in [3.8, 4) is 0 Å². The minimum Gasteiger partial charge on any atom is -0.238 e. The van der Waals surface area contributed by atoms with Crippen molar-refractivity contribution in [2.24, 2.45) is 0 Å². The normalized spacial score (nSPS) is 12.0. The largest absolute Gasteiger partial charge is 0.616 e. The summed E-state index contributed by atoms with van der Waals surface area (Å²) in [7, 11) is -5.21. The highest BCUT2D eigenvalue weighted by Crippen LogP contribution is 2.16. The second kappa shape index (κ2) is 3.50. The molecule has 0 N–H and O–H groups in total. The molecule has 0 aromatic heterocycles. The molecule has 0 radical (unpaired) electrons. The minimum atomic E-state index is -5.21. The summed E-state index contributed by atoms with van der Waals surface area (Å²) < 4.78 is 34.1. The number of halogens is 4. The van der Waals surface area contributed by atoms with Crippen LogP contribution in [0.5, 0.6) is 0 Å². The van der Waals surface area contributed by atoms with Crippen molar-refractivity contribution in [1.29, 1.82) is 0 Å². The van der Waals surface area contributed by atoms with E-state index in [2.05, 4.69) is 15.9 Å². The van der Waals surface area contributed by atoms with Crippen LogP contribution < -0.4 is 0 Å². The third-order valence-electron chi connectivity index (χ3n) is 0.594.